The van der Waals surface area contributed by atoms with Gasteiger partial charge >= 0.3 is 6.09 Å². The van der Waals surface area contributed by atoms with Crippen LogP contribution in [-0.4, -0.2) is 21.2 Å². The molecule has 0 amide bonds. The maximum atomic E-state index is 12.4. The lowest BCUT2D eigenvalue weighted by Crippen LogP contribution is -2.26. The van der Waals surface area contributed by atoms with E-state index in [0.717, 1.165) is 26.5 Å². The molecule has 0 atom stereocenters. The average molecular weight is 373 g/mol. The number of aromatic nitrogens is 2. The Balaban J connectivity index is 2.06. The Hall–Kier alpha value is -2.14. The number of nitrogens with zero attached hydrogens (tertiary/aromatic N) is 2. The summed E-state index contributed by atoms with van der Waals surface area (Å²) in [6.45, 7) is 5.56. The molecule has 23 heavy (non-hydrogen) atoms. The summed E-state index contributed by atoms with van der Waals surface area (Å²) >= 11 is 3.53. The first kappa shape index (κ1) is 15.7. The number of pyridine rings is 1. The van der Waals surface area contributed by atoms with Crippen LogP contribution >= 0.6 is 15.9 Å². The van der Waals surface area contributed by atoms with Crippen molar-refractivity contribution < 1.29 is 9.53 Å². The Morgan fingerprint density at radius 2 is 2.00 bits per heavy atom. The van der Waals surface area contributed by atoms with E-state index < -0.39 is 5.60 Å². The molecule has 0 radical (unpaired) electrons. The molecule has 0 spiro atoms. The normalized spacial score (nSPS) is 11.7. The number of benzene rings is 1. The summed E-state index contributed by atoms with van der Waals surface area (Å²) in [5, 5.41) is 0.956. The molecule has 0 saturated heterocycles. The molecule has 0 bridgehead atoms. The Morgan fingerprint density at radius 3 is 2.65 bits per heavy atom. The van der Waals surface area contributed by atoms with Gasteiger partial charge in [-0.3, -0.25) is 9.55 Å². The molecule has 0 unspecified atom stereocenters. The molecule has 0 aliphatic carbocycles. The van der Waals surface area contributed by atoms with Gasteiger partial charge in [-0.1, -0.05) is 12.1 Å². The number of fused-ring (bicyclic) bond motifs is 1. The van der Waals surface area contributed by atoms with Crippen LogP contribution in [-0.2, 0) is 4.74 Å². The first-order valence-corrected chi connectivity index (χ1v) is 8.09. The maximum Gasteiger partial charge on any atom is 0.419 e. The summed E-state index contributed by atoms with van der Waals surface area (Å²) in [4.78, 5) is 16.5. The fraction of sp³-hybridized carbons (Fsp3) is 0.222. The van der Waals surface area contributed by atoms with Crippen molar-refractivity contribution in [2.75, 3.05) is 0 Å². The molecule has 118 valence electrons. The number of ether oxygens (including phenoxy) is 1. The van der Waals surface area contributed by atoms with Gasteiger partial charge in [0.25, 0.3) is 0 Å². The minimum absolute atomic E-state index is 0.387. The predicted molar refractivity (Wildman–Crippen MR) is 94.5 cm³/mol. The summed E-state index contributed by atoms with van der Waals surface area (Å²) < 4.78 is 7.83. The fourth-order valence-corrected chi connectivity index (χ4v) is 2.89. The summed E-state index contributed by atoms with van der Waals surface area (Å²) in [6, 6.07) is 9.85. The van der Waals surface area contributed by atoms with E-state index >= 15 is 0 Å². The highest BCUT2D eigenvalue weighted by atomic mass is 79.9. The van der Waals surface area contributed by atoms with Crippen LogP contribution in [0.3, 0.4) is 0 Å². The average Bonchev–Trinajstić information content (AvgIpc) is 2.83. The van der Waals surface area contributed by atoms with E-state index in [1.807, 2.05) is 57.3 Å². The fourth-order valence-electron chi connectivity index (χ4n) is 2.37. The molecular formula is C18H17BrN2O2. The maximum absolute atomic E-state index is 12.4. The van der Waals surface area contributed by atoms with Gasteiger partial charge in [-0.2, -0.15) is 0 Å². The zero-order valence-electron chi connectivity index (χ0n) is 13.2. The van der Waals surface area contributed by atoms with Gasteiger partial charge in [0.05, 0.1) is 5.52 Å². The number of hydrogen-bond donors (Lipinski definition) is 0. The van der Waals surface area contributed by atoms with Crippen molar-refractivity contribution in [3.05, 3.63) is 53.4 Å². The van der Waals surface area contributed by atoms with Gasteiger partial charge in [0.2, 0.25) is 0 Å². The van der Waals surface area contributed by atoms with E-state index in [1.165, 1.54) is 4.57 Å². The topological polar surface area (TPSA) is 44.1 Å². The Labute approximate surface area is 143 Å². The number of halogens is 1. The van der Waals surface area contributed by atoms with Crippen molar-refractivity contribution in [1.29, 1.82) is 0 Å². The molecular weight excluding hydrogens is 356 g/mol. The second kappa shape index (κ2) is 5.81. The molecule has 0 fully saturated rings. The van der Waals surface area contributed by atoms with Gasteiger partial charge < -0.3 is 4.74 Å². The third kappa shape index (κ3) is 3.29. The highest BCUT2D eigenvalue weighted by Gasteiger charge is 2.20. The van der Waals surface area contributed by atoms with Crippen molar-refractivity contribution in [3.63, 3.8) is 0 Å². The lowest BCUT2D eigenvalue weighted by Gasteiger charge is -2.19. The van der Waals surface area contributed by atoms with E-state index in [9.17, 15) is 4.79 Å². The lowest BCUT2D eigenvalue weighted by atomic mass is 10.1. The largest absolute Gasteiger partial charge is 0.443 e. The number of hydrogen-bond acceptors (Lipinski definition) is 3. The minimum atomic E-state index is -0.532. The first-order valence-electron chi connectivity index (χ1n) is 7.29. The van der Waals surface area contributed by atoms with Crippen LogP contribution in [0.4, 0.5) is 4.79 Å². The third-order valence-corrected chi connectivity index (χ3v) is 3.97. The van der Waals surface area contributed by atoms with Crippen LogP contribution in [0.1, 0.15) is 20.8 Å². The standard InChI is InChI=1S/C18H17BrN2O2/c1-18(2,3)23-17(22)21-11-15(19)14-9-12(6-7-16(14)21)13-5-4-8-20-10-13/h4-11H,1-3H3. The summed E-state index contributed by atoms with van der Waals surface area (Å²) in [5.74, 6) is 0. The van der Waals surface area contributed by atoms with Crippen molar-refractivity contribution in [2.24, 2.45) is 0 Å². The van der Waals surface area contributed by atoms with Crippen LogP contribution in [0.25, 0.3) is 22.0 Å². The molecule has 0 aliphatic rings. The van der Waals surface area contributed by atoms with Crippen LogP contribution in [0.5, 0.6) is 0 Å². The molecule has 4 nitrogen and oxygen atoms in total. The Bertz CT molecular complexity index is 864. The van der Waals surface area contributed by atoms with Crippen molar-refractivity contribution in [2.45, 2.75) is 26.4 Å². The molecule has 0 saturated carbocycles. The molecule has 3 aromatic rings. The Morgan fingerprint density at radius 1 is 1.22 bits per heavy atom. The summed E-state index contributed by atoms with van der Waals surface area (Å²) in [6.07, 6.45) is 4.92. The van der Waals surface area contributed by atoms with Gasteiger partial charge in [-0.05, 0) is 60.5 Å². The number of carbonyl (C=O) groups excluding carboxylic acids is 1. The molecule has 0 N–H and O–H groups in total. The minimum Gasteiger partial charge on any atom is -0.443 e. The van der Waals surface area contributed by atoms with E-state index in [-0.39, 0.29) is 6.09 Å². The van der Waals surface area contributed by atoms with E-state index in [1.54, 1.807) is 12.4 Å². The van der Waals surface area contributed by atoms with Crippen LogP contribution in [0.2, 0.25) is 0 Å². The molecule has 1 aromatic carbocycles. The van der Waals surface area contributed by atoms with Gasteiger partial charge in [0.1, 0.15) is 5.60 Å². The monoisotopic (exact) mass is 372 g/mol. The second-order valence-electron chi connectivity index (χ2n) is 6.30. The molecule has 0 aliphatic heterocycles. The highest BCUT2D eigenvalue weighted by Crippen LogP contribution is 2.31. The van der Waals surface area contributed by atoms with Crippen molar-refractivity contribution in [3.8, 4) is 11.1 Å². The third-order valence-electron chi connectivity index (χ3n) is 3.34. The van der Waals surface area contributed by atoms with Crippen molar-refractivity contribution in [1.82, 2.24) is 9.55 Å². The van der Waals surface area contributed by atoms with Crippen molar-refractivity contribution >= 4 is 32.9 Å². The molecule has 2 aromatic heterocycles. The van der Waals surface area contributed by atoms with Crippen LogP contribution < -0.4 is 0 Å². The number of rotatable bonds is 1. The lowest BCUT2D eigenvalue weighted by molar-refractivity contribution is 0.0544. The van der Waals surface area contributed by atoms with Crippen LogP contribution in [0.15, 0.2) is 53.4 Å². The molecule has 5 heteroatoms. The zero-order valence-corrected chi connectivity index (χ0v) is 14.8. The predicted octanol–water partition coefficient (Wildman–Crippen LogP) is 5.25. The van der Waals surface area contributed by atoms with Gasteiger partial charge in [0, 0.05) is 34.0 Å². The van der Waals surface area contributed by atoms with Crippen LogP contribution in [0, 0.1) is 0 Å². The Kier molecular flexibility index (Phi) is 3.98. The van der Waals surface area contributed by atoms with E-state index in [0.29, 0.717) is 0 Å². The van der Waals surface area contributed by atoms with Gasteiger partial charge in [-0.15, -0.1) is 0 Å². The summed E-state index contributed by atoms with van der Waals surface area (Å²) in [5.41, 5.74) is 2.36. The van der Waals surface area contributed by atoms with Gasteiger partial charge in [-0.25, -0.2) is 4.79 Å². The first-order chi connectivity index (χ1) is 10.8. The summed E-state index contributed by atoms with van der Waals surface area (Å²) in [7, 11) is 0. The quantitative estimate of drug-likeness (QED) is 0.585. The molecule has 3 rings (SSSR count). The highest BCUT2D eigenvalue weighted by molar-refractivity contribution is 9.10. The van der Waals surface area contributed by atoms with Gasteiger partial charge in [0.15, 0.2) is 0 Å². The number of carbonyl (C=O) groups is 1. The second-order valence-corrected chi connectivity index (χ2v) is 7.16. The van der Waals surface area contributed by atoms with E-state index in [4.69, 9.17) is 4.74 Å². The smallest absolute Gasteiger partial charge is 0.419 e. The molecule has 2 heterocycles. The SMILES string of the molecule is CC(C)(C)OC(=O)n1cc(Br)c2cc(-c3cccnc3)ccc21. The zero-order chi connectivity index (χ0) is 16.6. The van der Waals surface area contributed by atoms with E-state index in [2.05, 4.69) is 20.9 Å².